The summed E-state index contributed by atoms with van der Waals surface area (Å²) >= 11 is 1.67. The first kappa shape index (κ1) is 16.7. The molecule has 124 valence electrons. The third-order valence-corrected chi connectivity index (χ3v) is 4.90. The Labute approximate surface area is 146 Å². The monoisotopic (exact) mass is 340 g/mol. The number of allylic oxidation sites excluding steroid dienone is 1. The van der Waals surface area contributed by atoms with Crippen LogP contribution in [-0.4, -0.2) is 18.8 Å². The summed E-state index contributed by atoms with van der Waals surface area (Å²) in [5.74, 6) is -0.243. The molecule has 0 unspecified atom stereocenters. The van der Waals surface area contributed by atoms with Gasteiger partial charge in [0.15, 0.2) is 0 Å². The van der Waals surface area contributed by atoms with Crippen molar-refractivity contribution >= 4 is 28.8 Å². The van der Waals surface area contributed by atoms with Crippen LogP contribution in [0, 0.1) is 12.7 Å². The average Bonchev–Trinajstić information content (AvgIpc) is 3.21. The molecule has 0 amide bonds. The fraction of sp³-hybridized carbons (Fsp3) is 0.250. The molecule has 1 saturated carbocycles. The van der Waals surface area contributed by atoms with E-state index >= 15 is 0 Å². The highest BCUT2D eigenvalue weighted by molar-refractivity contribution is 7.10. The fourth-order valence-electron chi connectivity index (χ4n) is 2.56. The van der Waals surface area contributed by atoms with Crippen LogP contribution >= 0.6 is 11.3 Å². The lowest BCUT2D eigenvalue weighted by Gasteiger charge is -2.14. The van der Waals surface area contributed by atoms with E-state index in [4.69, 9.17) is 0 Å². The number of hydrogen-bond donors (Lipinski definition) is 1. The first-order chi connectivity index (χ1) is 11.6. The topological polar surface area (TPSA) is 24.4 Å². The first-order valence-corrected chi connectivity index (χ1v) is 8.91. The Balaban J connectivity index is 1.91. The van der Waals surface area contributed by atoms with Crippen molar-refractivity contribution in [3.8, 4) is 0 Å². The number of aryl methyl sites for hydroxylation is 1. The summed E-state index contributed by atoms with van der Waals surface area (Å²) in [7, 11) is 1.76. The minimum Gasteiger partial charge on any atom is -0.382 e. The maximum Gasteiger partial charge on any atom is 0.132 e. The summed E-state index contributed by atoms with van der Waals surface area (Å²) in [5, 5.41) is 5.32. The van der Waals surface area contributed by atoms with E-state index in [1.54, 1.807) is 24.5 Å². The molecule has 1 aliphatic carbocycles. The van der Waals surface area contributed by atoms with Crippen molar-refractivity contribution in [2.45, 2.75) is 25.8 Å². The molecule has 2 nitrogen and oxygen atoms in total. The smallest absolute Gasteiger partial charge is 0.132 e. The lowest BCUT2D eigenvalue weighted by molar-refractivity contribution is 0.620. The van der Waals surface area contributed by atoms with Crippen LogP contribution in [0.25, 0.3) is 11.8 Å². The zero-order valence-corrected chi connectivity index (χ0v) is 14.8. The maximum atomic E-state index is 14.4. The molecule has 0 saturated heterocycles. The summed E-state index contributed by atoms with van der Waals surface area (Å²) in [6.45, 7) is 5.91. The number of aliphatic imine (C=N–C) groups is 1. The summed E-state index contributed by atoms with van der Waals surface area (Å²) in [5.41, 5.74) is 3.80. The van der Waals surface area contributed by atoms with E-state index in [9.17, 15) is 4.39 Å². The van der Waals surface area contributed by atoms with E-state index in [0.717, 1.165) is 34.6 Å². The molecule has 1 N–H and O–H groups in total. The van der Waals surface area contributed by atoms with Crippen molar-refractivity contribution in [3.05, 3.63) is 69.7 Å². The Kier molecular flexibility index (Phi) is 4.95. The summed E-state index contributed by atoms with van der Waals surface area (Å²) in [6, 6.07) is 7.93. The van der Waals surface area contributed by atoms with Crippen LogP contribution in [0.3, 0.4) is 0 Å². The minimum absolute atomic E-state index is 0.243. The van der Waals surface area contributed by atoms with Gasteiger partial charge < -0.3 is 5.32 Å². The van der Waals surface area contributed by atoms with Crippen LogP contribution in [0.2, 0.25) is 0 Å². The predicted molar refractivity (Wildman–Crippen MR) is 102 cm³/mol. The lowest BCUT2D eigenvalue weighted by Crippen LogP contribution is -2.15. The minimum atomic E-state index is -0.243. The molecule has 4 heteroatoms. The third-order valence-electron chi connectivity index (χ3n) is 4.06. The molecular formula is C20H21FN2S. The van der Waals surface area contributed by atoms with Crippen molar-refractivity contribution in [3.63, 3.8) is 0 Å². The number of hydrogen-bond acceptors (Lipinski definition) is 3. The van der Waals surface area contributed by atoms with E-state index < -0.39 is 0 Å². The average molecular weight is 340 g/mol. The van der Waals surface area contributed by atoms with Gasteiger partial charge in [-0.15, -0.1) is 11.3 Å². The van der Waals surface area contributed by atoms with Crippen LogP contribution in [0.15, 0.2) is 47.3 Å². The second-order valence-corrected chi connectivity index (χ2v) is 6.98. The Morgan fingerprint density at radius 2 is 2.17 bits per heavy atom. The summed E-state index contributed by atoms with van der Waals surface area (Å²) in [4.78, 5) is 5.55. The second-order valence-electron chi connectivity index (χ2n) is 6.00. The molecule has 1 fully saturated rings. The Morgan fingerprint density at radius 3 is 2.79 bits per heavy atom. The summed E-state index contributed by atoms with van der Waals surface area (Å²) in [6.07, 6.45) is 6.27. The SMILES string of the molecule is C=C(NC1CC1)c1cc(C(/C=C/c2cccs2)=NC)c(C)cc1F. The van der Waals surface area contributed by atoms with Crippen LogP contribution in [-0.2, 0) is 0 Å². The van der Waals surface area contributed by atoms with Gasteiger partial charge in [-0.05, 0) is 61.1 Å². The van der Waals surface area contributed by atoms with Gasteiger partial charge in [-0.25, -0.2) is 4.39 Å². The fourth-order valence-corrected chi connectivity index (χ4v) is 3.18. The highest BCUT2D eigenvalue weighted by Crippen LogP contribution is 2.26. The first-order valence-electron chi connectivity index (χ1n) is 8.03. The van der Waals surface area contributed by atoms with E-state index in [1.807, 2.05) is 36.6 Å². The standard InChI is InChI=1S/C20H21FN2S/c1-13-11-19(21)18(14(2)23-15-6-7-15)12-17(13)20(22-3)9-8-16-5-4-10-24-16/h4-5,8-12,15,23H,2,6-7H2,1,3H3/b9-8+,22-20?. The largest absolute Gasteiger partial charge is 0.382 e. The van der Waals surface area contributed by atoms with Crippen molar-refractivity contribution in [1.29, 1.82) is 0 Å². The molecule has 0 radical (unpaired) electrons. The maximum absolute atomic E-state index is 14.4. The number of nitrogens with zero attached hydrogens (tertiary/aromatic N) is 1. The molecule has 1 heterocycles. The van der Waals surface area contributed by atoms with E-state index in [0.29, 0.717) is 17.3 Å². The molecule has 0 bridgehead atoms. The molecule has 1 aromatic heterocycles. The second kappa shape index (κ2) is 7.14. The van der Waals surface area contributed by atoms with Gasteiger partial charge in [0.2, 0.25) is 0 Å². The zero-order valence-electron chi connectivity index (χ0n) is 14.0. The number of halogens is 1. The van der Waals surface area contributed by atoms with E-state index in [2.05, 4.69) is 23.0 Å². The van der Waals surface area contributed by atoms with Gasteiger partial charge in [0, 0.05) is 34.8 Å². The number of thiophene rings is 1. The van der Waals surface area contributed by atoms with Crippen molar-refractivity contribution < 1.29 is 4.39 Å². The predicted octanol–water partition coefficient (Wildman–Crippen LogP) is 5.05. The Hall–Kier alpha value is -2.20. The molecule has 1 aromatic carbocycles. The van der Waals surface area contributed by atoms with Crippen LogP contribution in [0.1, 0.15) is 34.4 Å². The Bertz CT molecular complexity index is 799. The molecule has 0 spiro atoms. The molecule has 0 aliphatic heterocycles. The van der Waals surface area contributed by atoms with Gasteiger partial charge >= 0.3 is 0 Å². The van der Waals surface area contributed by atoms with Crippen molar-refractivity contribution in [2.24, 2.45) is 4.99 Å². The molecule has 1 aliphatic rings. The van der Waals surface area contributed by atoms with Gasteiger partial charge in [-0.1, -0.05) is 12.6 Å². The highest BCUT2D eigenvalue weighted by Gasteiger charge is 2.23. The van der Waals surface area contributed by atoms with Crippen LogP contribution in [0.5, 0.6) is 0 Å². The molecular weight excluding hydrogens is 319 g/mol. The highest BCUT2D eigenvalue weighted by atomic mass is 32.1. The number of nitrogens with one attached hydrogen (secondary N) is 1. The quantitative estimate of drug-likeness (QED) is 0.731. The third kappa shape index (κ3) is 3.82. The molecule has 24 heavy (non-hydrogen) atoms. The van der Waals surface area contributed by atoms with Crippen LogP contribution < -0.4 is 5.32 Å². The number of benzene rings is 1. The van der Waals surface area contributed by atoms with Gasteiger partial charge in [-0.2, -0.15) is 0 Å². The molecule has 3 rings (SSSR count). The number of rotatable bonds is 6. The van der Waals surface area contributed by atoms with Crippen molar-refractivity contribution in [2.75, 3.05) is 7.05 Å². The van der Waals surface area contributed by atoms with Gasteiger partial charge in [0.05, 0.1) is 5.71 Å². The lowest BCUT2D eigenvalue weighted by atomic mass is 9.98. The van der Waals surface area contributed by atoms with Crippen LogP contribution in [0.4, 0.5) is 4.39 Å². The summed E-state index contributed by atoms with van der Waals surface area (Å²) < 4.78 is 14.4. The van der Waals surface area contributed by atoms with Crippen molar-refractivity contribution in [1.82, 2.24) is 5.32 Å². The molecule has 2 aromatic rings. The van der Waals surface area contributed by atoms with Gasteiger partial charge in [-0.3, -0.25) is 4.99 Å². The van der Waals surface area contributed by atoms with Gasteiger partial charge in [0.25, 0.3) is 0 Å². The zero-order chi connectivity index (χ0) is 17.1. The van der Waals surface area contributed by atoms with Gasteiger partial charge in [0.1, 0.15) is 5.82 Å². The molecule has 0 atom stereocenters. The Morgan fingerprint density at radius 1 is 1.38 bits per heavy atom. The normalized spacial score (nSPS) is 15.0. The van der Waals surface area contributed by atoms with E-state index in [1.165, 1.54) is 0 Å². The van der Waals surface area contributed by atoms with E-state index in [-0.39, 0.29) is 5.82 Å².